The van der Waals surface area contributed by atoms with E-state index in [0.29, 0.717) is 18.9 Å². The van der Waals surface area contributed by atoms with Crippen LogP contribution in [0, 0.1) is 17.2 Å². The van der Waals surface area contributed by atoms with Gasteiger partial charge in [-0.3, -0.25) is 4.79 Å². The van der Waals surface area contributed by atoms with Crippen molar-refractivity contribution in [3.63, 3.8) is 0 Å². The Morgan fingerprint density at radius 2 is 2.33 bits per heavy atom. The molecule has 2 unspecified atom stereocenters. The molecule has 0 aromatic heterocycles. The molecule has 2 rings (SSSR count). The van der Waals surface area contributed by atoms with Crippen molar-refractivity contribution in [2.75, 3.05) is 6.54 Å². The van der Waals surface area contributed by atoms with Gasteiger partial charge in [-0.15, -0.1) is 0 Å². The number of hydrogen-bond acceptors (Lipinski definition) is 3. The molecule has 0 aromatic carbocycles. The summed E-state index contributed by atoms with van der Waals surface area (Å²) in [6, 6.07) is 1.91. The van der Waals surface area contributed by atoms with Crippen LogP contribution in [0.3, 0.4) is 0 Å². The third kappa shape index (κ3) is 2.91. The molecule has 1 heterocycles. The number of carbonyl (C=O) groups excluding carboxylic acids is 1. The third-order valence-electron chi connectivity index (χ3n) is 4.05. The van der Waals surface area contributed by atoms with Crippen molar-refractivity contribution < 1.29 is 4.79 Å². The number of hydrogen-bond donors (Lipinski definition) is 1. The molecule has 0 spiro atoms. The number of nitrogens with zero attached hydrogens (tertiary/aromatic N) is 2. The number of rotatable bonds is 3. The minimum absolute atomic E-state index is 0.0566. The van der Waals surface area contributed by atoms with E-state index in [-0.39, 0.29) is 18.0 Å². The maximum Gasteiger partial charge on any atom is 0.225 e. The van der Waals surface area contributed by atoms with Gasteiger partial charge in [-0.25, -0.2) is 0 Å². The van der Waals surface area contributed by atoms with E-state index < -0.39 is 0 Å². The fourth-order valence-corrected chi connectivity index (χ4v) is 2.89. The maximum absolute atomic E-state index is 12.1. The van der Waals surface area contributed by atoms with Gasteiger partial charge in [0.1, 0.15) is 6.04 Å². The fourth-order valence-electron chi connectivity index (χ4n) is 2.89. The van der Waals surface area contributed by atoms with Gasteiger partial charge in [-0.2, -0.15) is 5.26 Å². The van der Waals surface area contributed by atoms with Gasteiger partial charge in [0.05, 0.1) is 6.07 Å². The second kappa shape index (κ2) is 6.01. The number of allylic oxidation sites excluding steroid dienone is 2. The summed E-state index contributed by atoms with van der Waals surface area (Å²) in [6.07, 6.45) is 9.59. The average Bonchev–Trinajstić information content (AvgIpc) is 2.88. The van der Waals surface area contributed by atoms with Crippen LogP contribution in [0.5, 0.6) is 0 Å². The summed E-state index contributed by atoms with van der Waals surface area (Å²) in [6.45, 7) is 0.717. The van der Waals surface area contributed by atoms with E-state index in [1.807, 2.05) is 0 Å². The molecule has 1 amide bonds. The summed E-state index contributed by atoms with van der Waals surface area (Å²) in [7, 11) is 0. The van der Waals surface area contributed by atoms with Crippen molar-refractivity contribution in [2.24, 2.45) is 11.7 Å². The second-order valence-electron chi connectivity index (χ2n) is 5.29. The third-order valence-corrected chi connectivity index (χ3v) is 4.05. The Balaban J connectivity index is 1.87. The van der Waals surface area contributed by atoms with Crippen LogP contribution in [0.4, 0.5) is 0 Å². The first-order valence-electron chi connectivity index (χ1n) is 6.82. The number of carbonyl (C=O) groups is 1. The first kappa shape index (κ1) is 13.1. The molecule has 0 saturated carbocycles. The van der Waals surface area contributed by atoms with Crippen LogP contribution in [0.2, 0.25) is 0 Å². The van der Waals surface area contributed by atoms with Crippen LogP contribution in [0.25, 0.3) is 0 Å². The lowest BCUT2D eigenvalue weighted by molar-refractivity contribution is -0.131. The van der Waals surface area contributed by atoms with E-state index in [1.165, 1.54) is 0 Å². The standard InChI is InChI=1S/C14H21N3O/c15-10-12-7-4-8-17(12)14(18)9-13(16)11-5-2-1-3-6-11/h1-2,11-13H,3-9,16H2/t11?,12-,13?/m0/s1. The van der Waals surface area contributed by atoms with Crippen LogP contribution in [-0.4, -0.2) is 29.4 Å². The van der Waals surface area contributed by atoms with Crippen LogP contribution in [0.15, 0.2) is 12.2 Å². The van der Waals surface area contributed by atoms with Crippen LogP contribution in [-0.2, 0) is 4.79 Å². The summed E-state index contributed by atoms with van der Waals surface area (Å²) >= 11 is 0. The molecule has 0 bridgehead atoms. The first-order chi connectivity index (χ1) is 8.72. The van der Waals surface area contributed by atoms with Crippen LogP contribution >= 0.6 is 0 Å². The molecule has 0 radical (unpaired) electrons. The predicted octanol–water partition coefficient (Wildman–Crippen LogP) is 1.57. The van der Waals surface area contributed by atoms with Gasteiger partial charge in [-0.05, 0) is 38.0 Å². The second-order valence-corrected chi connectivity index (χ2v) is 5.29. The minimum Gasteiger partial charge on any atom is -0.327 e. The topological polar surface area (TPSA) is 70.1 Å². The lowest BCUT2D eigenvalue weighted by atomic mass is 9.86. The molecule has 4 heteroatoms. The van der Waals surface area contributed by atoms with E-state index >= 15 is 0 Å². The highest BCUT2D eigenvalue weighted by Crippen LogP contribution is 2.24. The van der Waals surface area contributed by atoms with Gasteiger partial charge >= 0.3 is 0 Å². The van der Waals surface area contributed by atoms with E-state index in [0.717, 1.165) is 32.1 Å². The van der Waals surface area contributed by atoms with Crippen LogP contribution < -0.4 is 5.73 Å². The quantitative estimate of drug-likeness (QED) is 0.770. The molecule has 2 N–H and O–H groups in total. The normalized spacial score (nSPS) is 29.0. The lowest BCUT2D eigenvalue weighted by Crippen LogP contribution is -2.41. The van der Waals surface area contributed by atoms with Crippen molar-refractivity contribution in [1.29, 1.82) is 5.26 Å². The monoisotopic (exact) mass is 247 g/mol. The number of likely N-dealkylation sites (tertiary alicyclic amines) is 1. The Hall–Kier alpha value is -1.34. The molecule has 3 atom stereocenters. The van der Waals surface area contributed by atoms with E-state index in [2.05, 4.69) is 18.2 Å². The Bertz CT molecular complexity index is 372. The molecule has 0 aromatic rings. The molecular formula is C14H21N3O. The Morgan fingerprint density at radius 3 is 3.00 bits per heavy atom. The summed E-state index contributed by atoms with van der Waals surface area (Å²) in [5.41, 5.74) is 6.14. The van der Waals surface area contributed by atoms with Crippen molar-refractivity contribution in [3.05, 3.63) is 12.2 Å². The van der Waals surface area contributed by atoms with Gasteiger partial charge < -0.3 is 10.6 Å². The van der Waals surface area contributed by atoms with E-state index in [4.69, 9.17) is 11.0 Å². The molecule has 1 fully saturated rings. The summed E-state index contributed by atoms with van der Waals surface area (Å²) < 4.78 is 0. The van der Waals surface area contributed by atoms with Crippen molar-refractivity contribution >= 4 is 5.91 Å². The highest BCUT2D eigenvalue weighted by molar-refractivity contribution is 5.77. The summed E-state index contributed by atoms with van der Waals surface area (Å²) in [5, 5.41) is 8.98. The Morgan fingerprint density at radius 1 is 1.50 bits per heavy atom. The molecule has 18 heavy (non-hydrogen) atoms. The van der Waals surface area contributed by atoms with Crippen molar-refractivity contribution in [1.82, 2.24) is 4.90 Å². The minimum atomic E-state index is -0.226. The van der Waals surface area contributed by atoms with Gasteiger partial charge in [0, 0.05) is 19.0 Å². The van der Waals surface area contributed by atoms with Gasteiger partial charge in [0.2, 0.25) is 5.91 Å². The molecule has 98 valence electrons. The Kier molecular flexibility index (Phi) is 4.38. The van der Waals surface area contributed by atoms with E-state index in [9.17, 15) is 4.79 Å². The average molecular weight is 247 g/mol. The molecule has 2 aliphatic rings. The highest BCUT2D eigenvalue weighted by Gasteiger charge is 2.30. The zero-order valence-corrected chi connectivity index (χ0v) is 10.7. The zero-order chi connectivity index (χ0) is 13.0. The summed E-state index contributed by atoms with van der Waals surface area (Å²) in [5.74, 6) is 0.475. The summed E-state index contributed by atoms with van der Waals surface area (Å²) in [4.78, 5) is 13.9. The molecule has 1 saturated heterocycles. The highest BCUT2D eigenvalue weighted by atomic mass is 16.2. The molecule has 4 nitrogen and oxygen atoms in total. The van der Waals surface area contributed by atoms with Crippen molar-refractivity contribution in [2.45, 2.75) is 50.6 Å². The fraction of sp³-hybridized carbons (Fsp3) is 0.714. The SMILES string of the molecule is N#C[C@@H]1CCCN1C(=O)CC(N)C1CC=CCC1. The van der Waals surface area contributed by atoms with Crippen molar-refractivity contribution in [3.8, 4) is 6.07 Å². The molecular weight excluding hydrogens is 226 g/mol. The zero-order valence-electron chi connectivity index (χ0n) is 10.7. The Labute approximate surface area is 108 Å². The maximum atomic E-state index is 12.1. The number of amides is 1. The van der Waals surface area contributed by atoms with Gasteiger partial charge in [0.25, 0.3) is 0 Å². The predicted molar refractivity (Wildman–Crippen MR) is 69.4 cm³/mol. The number of nitriles is 1. The lowest BCUT2D eigenvalue weighted by Gasteiger charge is -2.27. The number of nitrogens with two attached hydrogens (primary N) is 1. The van der Waals surface area contributed by atoms with Gasteiger partial charge in [-0.1, -0.05) is 12.2 Å². The van der Waals surface area contributed by atoms with E-state index in [1.54, 1.807) is 4.90 Å². The largest absolute Gasteiger partial charge is 0.327 e. The van der Waals surface area contributed by atoms with Gasteiger partial charge in [0.15, 0.2) is 0 Å². The van der Waals surface area contributed by atoms with Crippen LogP contribution in [0.1, 0.15) is 38.5 Å². The smallest absolute Gasteiger partial charge is 0.225 e. The first-order valence-corrected chi connectivity index (χ1v) is 6.82. The molecule has 1 aliphatic heterocycles. The molecule has 1 aliphatic carbocycles.